The molecular formula is C25H27FN4O3. The Morgan fingerprint density at radius 1 is 1.09 bits per heavy atom. The molecular weight excluding hydrogens is 423 g/mol. The van der Waals surface area contributed by atoms with Crippen molar-refractivity contribution in [2.45, 2.75) is 26.1 Å². The fourth-order valence-electron chi connectivity index (χ4n) is 3.95. The first kappa shape index (κ1) is 17.1. The minimum absolute atomic E-state index is 0.00290. The molecule has 0 amide bonds. The molecule has 3 heterocycles. The van der Waals surface area contributed by atoms with Crippen LogP contribution in [-0.2, 0) is 0 Å². The van der Waals surface area contributed by atoms with Crippen LogP contribution < -0.4 is 14.2 Å². The zero-order valence-corrected chi connectivity index (χ0v) is 18.4. The lowest BCUT2D eigenvalue weighted by molar-refractivity contribution is 0.254. The zero-order chi connectivity index (χ0) is 26.4. The molecule has 4 aromatic rings. The highest BCUT2D eigenvalue weighted by molar-refractivity contribution is 5.87. The van der Waals surface area contributed by atoms with Gasteiger partial charge in [0.25, 0.3) is 0 Å². The molecule has 0 aliphatic carbocycles. The molecule has 1 saturated heterocycles. The van der Waals surface area contributed by atoms with E-state index in [0.29, 0.717) is 34.9 Å². The van der Waals surface area contributed by atoms with E-state index in [2.05, 4.69) is 15.0 Å². The first-order chi connectivity index (χ1) is 17.6. The van der Waals surface area contributed by atoms with Gasteiger partial charge < -0.3 is 24.1 Å². The number of nitrogens with zero attached hydrogens (tertiary/aromatic N) is 3. The van der Waals surface area contributed by atoms with Crippen LogP contribution in [0.25, 0.3) is 21.8 Å². The van der Waals surface area contributed by atoms with Crippen LogP contribution in [0.1, 0.15) is 30.4 Å². The highest BCUT2D eigenvalue weighted by atomic mass is 19.1. The van der Waals surface area contributed by atoms with Gasteiger partial charge in [-0.15, -0.1) is 0 Å². The second-order valence-corrected chi connectivity index (χ2v) is 7.86. The van der Waals surface area contributed by atoms with E-state index in [1.54, 1.807) is 24.3 Å². The molecule has 1 fully saturated rings. The molecule has 1 aliphatic heterocycles. The minimum Gasteiger partial charge on any atom is -0.493 e. The van der Waals surface area contributed by atoms with Crippen molar-refractivity contribution < 1.29 is 24.1 Å². The quantitative estimate of drug-likeness (QED) is 0.393. The van der Waals surface area contributed by atoms with E-state index in [9.17, 15) is 0 Å². The molecule has 1 aliphatic rings. The number of rotatable bonds is 8. The van der Waals surface area contributed by atoms with Crippen molar-refractivity contribution in [2.24, 2.45) is 0 Å². The van der Waals surface area contributed by atoms with E-state index in [4.69, 9.17) is 19.7 Å². The normalized spacial score (nSPS) is 16.9. The largest absolute Gasteiger partial charge is 0.493 e. The van der Waals surface area contributed by atoms with Crippen LogP contribution >= 0.6 is 0 Å². The Balaban J connectivity index is 1.43. The summed E-state index contributed by atoms with van der Waals surface area (Å²) >= 11 is 0. The van der Waals surface area contributed by atoms with Crippen molar-refractivity contribution in [3.63, 3.8) is 0 Å². The lowest BCUT2D eigenvalue weighted by Crippen LogP contribution is -2.21. The van der Waals surface area contributed by atoms with Crippen LogP contribution in [0, 0.1) is 12.7 Å². The Labute approximate surface area is 197 Å². The van der Waals surface area contributed by atoms with Crippen LogP contribution in [0.5, 0.6) is 23.1 Å². The zero-order valence-electron chi connectivity index (χ0n) is 22.4. The lowest BCUT2D eigenvalue weighted by atomic mass is 10.2. The van der Waals surface area contributed by atoms with Crippen molar-refractivity contribution in [1.29, 1.82) is 0 Å². The van der Waals surface area contributed by atoms with Crippen LogP contribution in [0.2, 0.25) is 0 Å². The number of methoxy groups -OCH3 is 1. The van der Waals surface area contributed by atoms with Crippen molar-refractivity contribution >= 4 is 21.8 Å². The molecule has 0 saturated carbocycles. The van der Waals surface area contributed by atoms with Crippen molar-refractivity contribution in [1.82, 2.24) is 19.9 Å². The van der Waals surface area contributed by atoms with Crippen molar-refractivity contribution in [3.8, 4) is 23.1 Å². The number of fused-ring (bicyclic) bond motifs is 2. The molecule has 2 aromatic carbocycles. The number of hydrogen-bond donors (Lipinski definition) is 1. The number of aryl methyl sites for hydroxylation is 1. The third kappa shape index (κ3) is 4.43. The smallest absolute Gasteiger partial charge is 0.230 e. The van der Waals surface area contributed by atoms with Crippen LogP contribution in [0.4, 0.5) is 4.39 Å². The number of hydrogen-bond acceptors (Lipinski definition) is 6. The van der Waals surface area contributed by atoms with Crippen LogP contribution in [0.3, 0.4) is 0 Å². The number of aromatic nitrogens is 3. The summed E-state index contributed by atoms with van der Waals surface area (Å²) in [4.78, 5) is 13.0. The molecule has 1 N–H and O–H groups in total. The molecule has 33 heavy (non-hydrogen) atoms. The Morgan fingerprint density at radius 2 is 1.94 bits per heavy atom. The van der Waals surface area contributed by atoms with Crippen molar-refractivity contribution in [3.05, 3.63) is 48.2 Å². The topological polar surface area (TPSA) is 72.5 Å². The van der Waals surface area contributed by atoms with E-state index in [-0.39, 0.29) is 23.1 Å². The Hall–Kier alpha value is -3.39. The SMILES string of the molecule is [2H]C([2H])(COc1cc2ncnc(Oc3ccc4[nH]c(C)cc4c3F)c2cc1OC)C([2H])([2H])N1CCCC1. The van der Waals surface area contributed by atoms with E-state index in [1.165, 1.54) is 24.4 Å². The predicted molar refractivity (Wildman–Crippen MR) is 125 cm³/mol. The molecule has 7 nitrogen and oxygen atoms in total. The first-order valence-corrected chi connectivity index (χ1v) is 10.8. The van der Waals surface area contributed by atoms with Gasteiger partial charge >= 0.3 is 0 Å². The molecule has 0 bridgehead atoms. The Morgan fingerprint density at radius 3 is 2.76 bits per heavy atom. The Bertz CT molecular complexity index is 1460. The molecule has 0 unspecified atom stereocenters. The van der Waals surface area contributed by atoms with Crippen LogP contribution in [-0.4, -0.2) is 53.2 Å². The summed E-state index contributed by atoms with van der Waals surface area (Å²) in [7, 11) is 1.43. The van der Waals surface area contributed by atoms with Crippen LogP contribution in [0.15, 0.2) is 36.7 Å². The van der Waals surface area contributed by atoms with Gasteiger partial charge in [-0.3, -0.25) is 0 Å². The molecule has 0 atom stereocenters. The lowest BCUT2D eigenvalue weighted by Gasteiger charge is -2.16. The van der Waals surface area contributed by atoms with Gasteiger partial charge in [-0.25, -0.2) is 14.4 Å². The van der Waals surface area contributed by atoms with Crippen molar-refractivity contribution in [2.75, 3.05) is 33.3 Å². The second kappa shape index (κ2) is 9.23. The predicted octanol–water partition coefficient (Wildman–Crippen LogP) is 5.22. The maximum atomic E-state index is 15.1. The summed E-state index contributed by atoms with van der Waals surface area (Å²) in [5.74, 6) is 0.0391. The highest BCUT2D eigenvalue weighted by Gasteiger charge is 2.17. The summed E-state index contributed by atoms with van der Waals surface area (Å²) in [6, 6.07) is 8.06. The van der Waals surface area contributed by atoms with Gasteiger partial charge in [0, 0.05) is 34.6 Å². The monoisotopic (exact) mass is 454 g/mol. The molecule has 5 rings (SSSR count). The maximum absolute atomic E-state index is 15.1. The average Bonchev–Trinajstić information content (AvgIpc) is 3.54. The number of benzene rings is 2. The molecule has 0 radical (unpaired) electrons. The summed E-state index contributed by atoms with van der Waals surface area (Å²) in [5, 5.41) is 0.844. The number of likely N-dealkylation sites (tertiary alicyclic amines) is 1. The summed E-state index contributed by atoms with van der Waals surface area (Å²) in [5.41, 5.74) is 1.89. The number of ether oxygens (including phenoxy) is 3. The molecule has 172 valence electrons. The average molecular weight is 455 g/mol. The maximum Gasteiger partial charge on any atom is 0.230 e. The summed E-state index contributed by atoms with van der Waals surface area (Å²) in [6.45, 7) is 0.120. The number of nitrogens with one attached hydrogen (secondary N) is 1. The van der Waals surface area contributed by atoms with Gasteiger partial charge in [0.2, 0.25) is 5.88 Å². The molecule has 0 spiro atoms. The van der Waals surface area contributed by atoms with Gasteiger partial charge in [-0.05, 0) is 63.5 Å². The van der Waals surface area contributed by atoms with Gasteiger partial charge in [-0.2, -0.15) is 0 Å². The summed E-state index contributed by atoms with van der Waals surface area (Å²) < 4.78 is 65.6. The van der Waals surface area contributed by atoms with Gasteiger partial charge in [0.15, 0.2) is 23.1 Å². The standard InChI is InChI=1S/C25H27FN4O3/c1-16-12-17-19(29-16)6-7-21(24(17)26)33-25-18-13-22(31-2)23(14-20(18)27-15-28-25)32-11-5-10-30-8-3-4-9-30/h6-7,12-15,29H,3-5,8-11H2,1-2H3/i5D2,10D2. The third-order valence-corrected chi connectivity index (χ3v) is 5.57. The first-order valence-electron chi connectivity index (χ1n) is 12.8. The summed E-state index contributed by atoms with van der Waals surface area (Å²) in [6.07, 6.45) is 0.656. The minimum atomic E-state index is -2.29. The fourth-order valence-corrected chi connectivity index (χ4v) is 3.95. The van der Waals surface area contributed by atoms with Gasteiger partial charge in [0.1, 0.15) is 6.33 Å². The molecule has 2 aromatic heterocycles. The second-order valence-electron chi connectivity index (χ2n) is 7.86. The third-order valence-electron chi connectivity index (χ3n) is 5.57. The number of aromatic amines is 1. The van der Waals surface area contributed by atoms with E-state index in [0.717, 1.165) is 18.5 Å². The molecule has 8 heteroatoms. The number of halogens is 1. The van der Waals surface area contributed by atoms with E-state index < -0.39 is 25.3 Å². The fraction of sp³-hybridized carbons (Fsp3) is 0.360. The Kier molecular flexibility index (Phi) is 4.79. The van der Waals surface area contributed by atoms with E-state index >= 15 is 4.39 Å². The van der Waals surface area contributed by atoms with Gasteiger partial charge in [0.05, 0.1) is 24.6 Å². The highest BCUT2D eigenvalue weighted by Crippen LogP contribution is 2.37. The van der Waals surface area contributed by atoms with Gasteiger partial charge in [-0.1, -0.05) is 0 Å². The van der Waals surface area contributed by atoms with E-state index in [1.807, 2.05) is 6.92 Å². The number of H-pyrrole nitrogens is 1.